The lowest BCUT2D eigenvalue weighted by atomic mass is 10.2. The van der Waals surface area contributed by atoms with Crippen molar-refractivity contribution >= 4 is 32.1 Å². The Morgan fingerprint density at radius 1 is 1.36 bits per heavy atom. The van der Waals surface area contributed by atoms with Crippen LogP contribution in [-0.2, 0) is 0 Å². The molecule has 1 rings (SSSR count). The molecule has 54 valence electrons. The molecule has 0 saturated carbocycles. The Hall–Kier alpha value is -0.169. The van der Waals surface area contributed by atoms with Gasteiger partial charge in [-0.1, -0.05) is 29.8 Å². The van der Waals surface area contributed by atoms with Crippen LogP contribution < -0.4 is 5.19 Å². The van der Waals surface area contributed by atoms with E-state index in [0.29, 0.717) is 8.55 Å². The maximum absolute atomic E-state index is 9.49. The molecule has 0 unspecified atom stereocenters. The maximum atomic E-state index is 9.49. The van der Waals surface area contributed by atoms with Gasteiger partial charge in [-0.05, 0) is 12.1 Å². The molecule has 0 fully saturated rings. The van der Waals surface area contributed by atoms with Gasteiger partial charge in [-0.3, -0.25) is 0 Å². The van der Waals surface area contributed by atoms with Crippen LogP contribution >= 0.6 is 0 Å². The molecule has 11 heavy (non-hydrogen) atoms. The summed E-state index contributed by atoms with van der Waals surface area (Å²) in [6.45, 7) is 2.05. The standard InChI is InChI=1S/C7H8OSi3/c1-6-2-4-7(5-3-6)11(8)10-9/h2-5,8H,1H3. The Labute approximate surface area is 74.0 Å². The molecule has 1 aromatic rings. The third-order valence-electron chi connectivity index (χ3n) is 1.44. The summed E-state index contributed by atoms with van der Waals surface area (Å²) in [5.41, 5.74) is 1.24. The van der Waals surface area contributed by atoms with Gasteiger partial charge in [-0.2, -0.15) is 0 Å². The third kappa shape index (κ3) is 2.41. The molecule has 6 radical (unpaired) electrons. The van der Waals surface area contributed by atoms with E-state index >= 15 is 0 Å². The van der Waals surface area contributed by atoms with Crippen LogP contribution in [0.2, 0.25) is 0 Å². The highest BCUT2D eigenvalue weighted by Crippen LogP contribution is 1.92. The van der Waals surface area contributed by atoms with E-state index in [2.05, 4.69) is 9.76 Å². The minimum Gasteiger partial charge on any atom is -0.430 e. The van der Waals surface area contributed by atoms with Crippen LogP contribution in [0.5, 0.6) is 0 Å². The number of hydrogen-bond donors (Lipinski definition) is 1. The summed E-state index contributed by atoms with van der Waals surface area (Å²) < 4.78 is 0. The summed E-state index contributed by atoms with van der Waals surface area (Å²) in [7, 11) is 2.53. The highest BCUT2D eigenvalue weighted by molar-refractivity contribution is 7.32. The molecule has 0 aliphatic carbocycles. The number of hydrogen-bond acceptors (Lipinski definition) is 1. The van der Waals surface area contributed by atoms with Gasteiger partial charge in [0.2, 0.25) is 8.56 Å². The minimum absolute atomic E-state index is 0.469. The second-order valence-corrected chi connectivity index (χ2v) is 8.29. The lowest BCUT2D eigenvalue weighted by Crippen LogP contribution is -2.36. The number of aryl methyl sites for hydroxylation is 1. The molecular formula is C7H8OSi3. The molecule has 0 aliphatic heterocycles. The van der Waals surface area contributed by atoms with Gasteiger partial charge >= 0.3 is 0 Å². The smallest absolute Gasteiger partial charge is 0.215 e. The van der Waals surface area contributed by atoms with Crippen molar-refractivity contribution in [3.63, 3.8) is 0 Å². The number of benzene rings is 1. The van der Waals surface area contributed by atoms with E-state index in [-0.39, 0.29) is 0 Å². The van der Waals surface area contributed by atoms with Crippen LogP contribution in [0, 0.1) is 6.92 Å². The fraction of sp³-hybridized carbons (Fsp3) is 0.143. The van der Waals surface area contributed by atoms with E-state index in [1.807, 2.05) is 31.2 Å². The topological polar surface area (TPSA) is 20.2 Å². The molecule has 0 bridgehead atoms. The first-order chi connectivity index (χ1) is 5.24. The van der Waals surface area contributed by atoms with Gasteiger partial charge in [0.25, 0.3) is 0 Å². The summed E-state index contributed by atoms with van der Waals surface area (Å²) >= 11 is 0. The highest BCUT2D eigenvalue weighted by atomic mass is 29.5. The summed E-state index contributed by atoms with van der Waals surface area (Å²) in [6.07, 6.45) is 0. The zero-order valence-electron chi connectivity index (χ0n) is 6.26. The molecular weight excluding hydrogens is 184 g/mol. The van der Waals surface area contributed by atoms with Gasteiger partial charge < -0.3 is 4.80 Å². The van der Waals surface area contributed by atoms with Crippen molar-refractivity contribution in [1.82, 2.24) is 0 Å². The molecule has 0 spiro atoms. The SMILES string of the molecule is Cc1ccc([Si](O)[Si][Si])cc1. The van der Waals surface area contributed by atoms with Crippen LogP contribution in [0.1, 0.15) is 5.56 Å². The van der Waals surface area contributed by atoms with Crippen molar-refractivity contribution in [2.75, 3.05) is 0 Å². The molecule has 0 heterocycles. The van der Waals surface area contributed by atoms with Crippen molar-refractivity contribution in [3.8, 4) is 0 Å². The quantitative estimate of drug-likeness (QED) is 0.625. The monoisotopic (exact) mass is 192 g/mol. The van der Waals surface area contributed by atoms with Gasteiger partial charge in [0, 0.05) is 9.76 Å². The molecule has 0 atom stereocenters. The molecule has 4 heteroatoms. The van der Waals surface area contributed by atoms with Crippen LogP contribution in [0.15, 0.2) is 24.3 Å². The predicted molar refractivity (Wildman–Crippen MR) is 50.3 cm³/mol. The second-order valence-electron chi connectivity index (χ2n) is 2.34. The Bertz CT molecular complexity index is 222. The zero-order valence-corrected chi connectivity index (χ0v) is 9.26. The van der Waals surface area contributed by atoms with Gasteiger partial charge in [0.05, 0.1) is 8.55 Å². The van der Waals surface area contributed by atoms with Crippen LogP contribution in [-0.4, -0.2) is 31.7 Å². The van der Waals surface area contributed by atoms with Crippen molar-refractivity contribution in [1.29, 1.82) is 0 Å². The van der Waals surface area contributed by atoms with E-state index in [0.717, 1.165) is 5.19 Å². The van der Waals surface area contributed by atoms with Crippen molar-refractivity contribution < 1.29 is 4.80 Å². The van der Waals surface area contributed by atoms with Gasteiger partial charge in [0.1, 0.15) is 0 Å². The van der Waals surface area contributed by atoms with Crippen molar-refractivity contribution in [2.24, 2.45) is 0 Å². The highest BCUT2D eigenvalue weighted by Gasteiger charge is 2.07. The molecule has 0 aromatic heterocycles. The molecule has 1 nitrogen and oxygen atoms in total. The lowest BCUT2D eigenvalue weighted by Gasteiger charge is -2.03. The van der Waals surface area contributed by atoms with Crippen molar-refractivity contribution in [3.05, 3.63) is 29.8 Å². The zero-order chi connectivity index (χ0) is 8.27. The first-order valence-electron chi connectivity index (χ1n) is 3.29. The molecule has 0 aliphatic rings. The first kappa shape index (κ1) is 8.92. The Morgan fingerprint density at radius 2 is 1.91 bits per heavy atom. The fourth-order valence-electron chi connectivity index (χ4n) is 0.784. The Morgan fingerprint density at radius 3 is 2.36 bits per heavy atom. The minimum atomic E-state index is -1.28. The maximum Gasteiger partial charge on any atom is 0.215 e. The molecule has 0 amide bonds. The third-order valence-corrected chi connectivity index (χ3v) is 6.27. The summed E-state index contributed by atoms with van der Waals surface area (Å²) in [5.74, 6) is 0. The van der Waals surface area contributed by atoms with E-state index in [1.165, 1.54) is 5.56 Å². The molecule has 1 aromatic carbocycles. The Balaban J connectivity index is 2.81. The average molecular weight is 192 g/mol. The predicted octanol–water partition coefficient (Wildman–Crippen LogP) is -0.530. The van der Waals surface area contributed by atoms with Gasteiger partial charge in [0.15, 0.2) is 0 Å². The normalized spacial score (nSPS) is 10.5. The van der Waals surface area contributed by atoms with E-state index in [9.17, 15) is 4.80 Å². The van der Waals surface area contributed by atoms with Crippen LogP contribution in [0.25, 0.3) is 0 Å². The Kier molecular flexibility index (Phi) is 3.25. The van der Waals surface area contributed by atoms with Gasteiger partial charge in [-0.25, -0.2) is 0 Å². The first-order valence-corrected chi connectivity index (χ1v) is 8.24. The average Bonchev–Trinajstić information content (AvgIpc) is 2.05. The van der Waals surface area contributed by atoms with Gasteiger partial charge in [-0.15, -0.1) is 0 Å². The summed E-state index contributed by atoms with van der Waals surface area (Å²) in [4.78, 5) is 9.49. The van der Waals surface area contributed by atoms with Crippen LogP contribution in [0.3, 0.4) is 0 Å². The van der Waals surface area contributed by atoms with E-state index < -0.39 is 8.56 Å². The van der Waals surface area contributed by atoms with E-state index in [1.54, 1.807) is 0 Å². The largest absolute Gasteiger partial charge is 0.430 e. The second kappa shape index (κ2) is 4.01. The molecule has 1 N–H and O–H groups in total. The summed E-state index contributed by atoms with van der Waals surface area (Å²) in [6, 6.07) is 8.05. The number of rotatable bonds is 2. The lowest BCUT2D eigenvalue weighted by molar-refractivity contribution is 0.607. The van der Waals surface area contributed by atoms with Crippen molar-refractivity contribution in [2.45, 2.75) is 6.92 Å². The fourth-order valence-corrected chi connectivity index (χ4v) is 3.64. The molecule has 0 saturated heterocycles. The summed E-state index contributed by atoms with van der Waals surface area (Å²) in [5, 5.41) is 1.08. The van der Waals surface area contributed by atoms with Crippen LogP contribution in [0.4, 0.5) is 0 Å². The van der Waals surface area contributed by atoms with E-state index in [4.69, 9.17) is 0 Å².